The van der Waals surface area contributed by atoms with Crippen LogP contribution < -0.4 is 0 Å². The predicted octanol–water partition coefficient (Wildman–Crippen LogP) is 4.06. The smallest absolute Gasteiger partial charge is 0.243 e. The number of aromatic nitrogens is 2. The second kappa shape index (κ2) is 8.47. The van der Waals surface area contributed by atoms with Gasteiger partial charge in [0.15, 0.2) is 0 Å². The minimum Gasteiger partial charge on any atom is -0.339 e. The summed E-state index contributed by atoms with van der Waals surface area (Å²) in [6, 6.07) is 15.1. The summed E-state index contributed by atoms with van der Waals surface area (Å²) in [6.45, 7) is 3.33. The zero-order chi connectivity index (χ0) is 20.3. The molecule has 4 rings (SSSR count). The molecule has 0 bridgehead atoms. The molecule has 1 saturated heterocycles. The van der Waals surface area contributed by atoms with Gasteiger partial charge in [-0.15, -0.1) is 0 Å². The molecule has 1 aromatic heterocycles. The summed E-state index contributed by atoms with van der Waals surface area (Å²) in [5.74, 6) is 1.07. The van der Waals surface area contributed by atoms with E-state index < -0.39 is 10.0 Å². The van der Waals surface area contributed by atoms with Crippen LogP contribution in [0.4, 0.5) is 0 Å². The zero-order valence-corrected chi connectivity index (χ0v) is 17.4. The molecule has 3 aromatic rings. The Hall–Kier alpha value is -2.51. The number of hydrogen-bond donors (Lipinski definition) is 0. The standard InChI is InChI=1S/C22H25N3O3S/c1-2-17-6-10-19(11-7-17)22-23-21(28-24-22)16-18-8-12-20(13-9-18)29(26,27)25-14-4-3-5-15-25/h6-13H,2-5,14-16H2,1H3. The highest BCUT2D eigenvalue weighted by atomic mass is 32.2. The molecular weight excluding hydrogens is 386 g/mol. The molecule has 7 heteroatoms. The Kier molecular flexibility index (Phi) is 5.78. The molecule has 2 heterocycles. The molecule has 0 radical (unpaired) electrons. The molecular formula is C22H25N3O3S. The van der Waals surface area contributed by atoms with Gasteiger partial charge in [0.05, 0.1) is 11.3 Å². The summed E-state index contributed by atoms with van der Waals surface area (Å²) in [4.78, 5) is 4.81. The second-order valence-electron chi connectivity index (χ2n) is 7.35. The van der Waals surface area contributed by atoms with Crippen LogP contribution in [0.3, 0.4) is 0 Å². The maximum atomic E-state index is 12.7. The molecule has 0 N–H and O–H groups in total. The van der Waals surface area contributed by atoms with Crippen LogP contribution in [0.5, 0.6) is 0 Å². The van der Waals surface area contributed by atoms with Gasteiger partial charge in [-0.25, -0.2) is 8.42 Å². The minimum atomic E-state index is -3.41. The normalized spacial score (nSPS) is 15.5. The third-order valence-electron chi connectivity index (χ3n) is 5.32. The highest BCUT2D eigenvalue weighted by molar-refractivity contribution is 7.89. The van der Waals surface area contributed by atoms with E-state index in [0.717, 1.165) is 36.8 Å². The van der Waals surface area contributed by atoms with Crippen molar-refractivity contribution in [3.8, 4) is 11.4 Å². The van der Waals surface area contributed by atoms with Crippen molar-refractivity contribution in [2.75, 3.05) is 13.1 Å². The summed E-state index contributed by atoms with van der Waals surface area (Å²) in [5.41, 5.74) is 3.11. The van der Waals surface area contributed by atoms with Gasteiger partial charge in [-0.3, -0.25) is 0 Å². The number of piperidine rings is 1. The van der Waals surface area contributed by atoms with Crippen LogP contribution in [-0.2, 0) is 22.9 Å². The van der Waals surface area contributed by atoms with Crippen LogP contribution in [0, 0.1) is 0 Å². The molecule has 0 saturated carbocycles. The van der Waals surface area contributed by atoms with E-state index in [0.29, 0.717) is 36.1 Å². The fourth-order valence-electron chi connectivity index (χ4n) is 3.54. The van der Waals surface area contributed by atoms with Gasteiger partial charge >= 0.3 is 0 Å². The molecule has 0 atom stereocenters. The SMILES string of the molecule is CCc1ccc(-c2noc(Cc3ccc(S(=O)(=O)N4CCCCC4)cc3)n2)cc1. The second-order valence-corrected chi connectivity index (χ2v) is 9.29. The highest BCUT2D eigenvalue weighted by Gasteiger charge is 2.25. The zero-order valence-electron chi connectivity index (χ0n) is 16.5. The number of hydrogen-bond acceptors (Lipinski definition) is 5. The number of nitrogens with zero attached hydrogens (tertiary/aromatic N) is 3. The predicted molar refractivity (Wildman–Crippen MR) is 111 cm³/mol. The first-order chi connectivity index (χ1) is 14.1. The number of sulfonamides is 1. The lowest BCUT2D eigenvalue weighted by Gasteiger charge is -2.25. The van der Waals surface area contributed by atoms with Crippen LogP contribution in [-0.4, -0.2) is 36.0 Å². The van der Waals surface area contributed by atoms with E-state index in [1.54, 1.807) is 16.4 Å². The van der Waals surface area contributed by atoms with Crippen LogP contribution >= 0.6 is 0 Å². The highest BCUT2D eigenvalue weighted by Crippen LogP contribution is 2.22. The molecule has 2 aromatic carbocycles. The molecule has 29 heavy (non-hydrogen) atoms. The van der Waals surface area contributed by atoms with Gasteiger partial charge in [-0.2, -0.15) is 9.29 Å². The summed E-state index contributed by atoms with van der Waals surface area (Å²) in [7, 11) is -3.41. The molecule has 0 aliphatic carbocycles. The van der Waals surface area contributed by atoms with Gasteiger partial charge in [0.1, 0.15) is 0 Å². The maximum absolute atomic E-state index is 12.7. The Labute approximate surface area is 171 Å². The van der Waals surface area contributed by atoms with Gasteiger partial charge in [-0.05, 0) is 42.5 Å². The molecule has 1 aliphatic heterocycles. The summed E-state index contributed by atoms with van der Waals surface area (Å²) >= 11 is 0. The van der Waals surface area contributed by atoms with E-state index in [4.69, 9.17) is 4.52 Å². The first kappa shape index (κ1) is 19.8. The lowest BCUT2D eigenvalue weighted by molar-refractivity contribution is 0.346. The van der Waals surface area contributed by atoms with Crippen molar-refractivity contribution in [1.29, 1.82) is 0 Å². The van der Waals surface area contributed by atoms with Crippen LogP contribution in [0.2, 0.25) is 0 Å². The fraction of sp³-hybridized carbons (Fsp3) is 0.364. The summed E-state index contributed by atoms with van der Waals surface area (Å²) < 4.78 is 32.5. The van der Waals surface area contributed by atoms with Crippen molar-refractivity contribution in [3.63, 3.8) is 0 Å². The molecule has 1 aliphatic rings. The minimum absolute atomic E-state index is 0.338. The molecule has 6 nitrogen and oxygen atoms in total. The van der Waals surface area contributed by atoms with E-state index in [9.17, 15) is 8.42 Å². The van der Waals surface area contributed by atoms with E-state index in [1.807, 2.05) is 24.3 Å². The number of rotatable bonds is 6. The Balaban J connectivity index is 1.45. The van der Waals surface area contributed by atoms with E-state index in [1.165, 1.54) is 5.56 Å². The van der Waals surface area contributed by atoms with Crippen molar-refractivity contribution < 1.29 is 12.9 Å². The Morgan fingerprint density at radius 2 is 1.59 bits per heavy atom. The van der Waals surface area contributed by atoms with Crippen LogP contribution in [0.15, 0.2) is 57.9 Å². The molecule has 0 unspecified atom stereocenters. The molecule has 152 valence electrons. The molecule has 0 amide bonds. The van der Waals surface area contributed by atoms with Crippen molar-refractivity contribution in [1.82, 2.24) is 14.4 Å². The average molecular weight is 412 g/mol. The quantitative estimate of drug-likeness (QED) is 0.611. The Morgan fingerprint density at radius 3 is 2.24 bits per heavy atom. The number of aryl methyl sites for hydroxylation is 1. The van der Waals surface area contributed by atoms with E-state index in [-0.39, 0.29) is 0 Å². The lowest BCUT2D eigenvalue weighted by Crippen LogP contribution is -2.35. The van der Waals surface area contributed by atoms with Crippen LogP contribution in [0.1, 0.15) is 43.2 Å². The summed E-state index contributed by atoms with van der Waals surface area (Å²) in [5, 5.41) is 4.07. The molecule has 1 fully saturated rings. The number of benzene rings is 2. The van der Waals surface area contributed by atoms with Crippen LogP contribution in [0.25, 0.3) is 11.4 Å². The third-order valence-corrected chi connectivity index (χ3v) is 7.23. The van der Waals surface area contributed by atoms with E-state index >= 15 is 0 Å². The monoisotopic (exact) mass is 411 g/mol. The van der Waals surface area contributed by atoms with Crippen molar-refractivity contribution in [3.05, 3.63) is 65.5 Å². The Bertz CT molecular complexity index is 1050. The average Bonchev–Trinajstić information content (AvgIpc) is 3.23. The van der Waals surface area contributed by atoms with Gasteiger partial charge < -0.3 is 4.52 Å². The van der Waals surface area contributed by atoms with E-state index in [2.05, 4.69) is 29.2 Å². The van der Waals surface area contributed by atoms with Crippen molar-refractivity contribution in [2.45, 2.75) is 43.9 Å². The first-order valence-corrected chi connectivity index (χ1v) is 11.5. The fourth-order valence-corrected chi connectivity index (χ4v) is 5.06. The van der Waals surface area contributed by atoms with Gasteiger partial charge in [0.2, 0.25) is 21.7 Å². The summed E-state index contributed by atoms with van der Waals surface area (Å²) in [6.07, 6.45) is 4.40. The van der Waals surface area contributed by atoms with Gasteiger partial charge in [0, 0.05) is 18.7 Å². The largest absolute Gasteiger partial charge is 0.339 e. The molecule has 0 spiro atoms. The maximum Gasteiger partial charge on any atom is 0.243 e. The first-order valence-electron chi connectivity index (χ1n) is 10.1. The van der Waals surface area contributed by atoms with Crippen molar-refractivity contribution in [2.24, 2.45) is 0 Å². The van der Waals surface area contributed by atoms with Crippen molar-refractivity contribution >= 4 is 10.0 Å². The lowest BCUT2D eigenvalue weighted by atomic mass is 10.1. The third kappa shape index (κ3) is 4.41. The topological polar surface area (TPSA) is 76.3 Å². The van der Waals surface area contributed by atoms with Gasteiger partial charge in [-0.1, -0.05) is 54.9 Å². The van der Waals surface area contributed by atoms with Gasteiger partial charge in [0.25, 0.3) is 0 Å². The Morgan fingerprint density at radius 1 is 0.931 bits per heavy atom.